The Bertz CT molecular complexity index is 672. The lowest BCUT2D eigenvalue weighted by atomic mass is 9.45. The smallest absolute Gasteiger partial charge is 0.306 e. The molecule has 156 valence electrons. The Morgan fingerprint density at radius 1 is 1.04 bits per heavy atom. The third-order valence-electron chi connectivity index (χ3n) is 9.16. The quantitative estimate of drug-likeness (QED) is 0.690. The molecule has 0 amide bonds. The van der Waals surface area contributed by atoms with Gasteiger partial charge in [-0.05, 0) is 86.9 Å². The maximum Gasteiger partial charge on any atom is 0.306 e. The molecule has 4 rings (SSSR count). The number of fused-ring (bicyclic) bond motifs is 5. The fourth-order valence-electron chi connectivity index (χ4n) is 7.55. The molecule has 4 aliphatic rings. The van der Waals surface area contributed by atoms with Crippen molar-refractivity contribution in [3.05, 3.63) is 0 Å². The number of ether oxygens (including phenoxy) is 1. The third-order valence-corrected chi connectivity index (χ3v) is 9.16. The molecule has 5 nitrogen and oxygen atoms in total. The van der Waals surface area contributed by atoms with E-state index in [0.29, 0.717) is 29.5 Å². The average Bonchev–Trinajstić information content (AvgIpc) is 2.95. The minimum absolute atomic E-state index is 0.0733. The van der Waals surface area contributed by atoms with Gasteiger partial charge < -0.3 is 14.6 Å². The van der Waals surface area contributed by atoms with Gasteiger partial charge in [-0.3, -0.25) is 9.59 Å². The maximum atomic E-state index is 12.5. The van der Waals surface area contributed by atoms with Crippen LogP contribution in [-0.4, -0.2) is 23.8 Å². The van der Waals surface area contributed by atoms with Crippen LogP contribution in [0.1, 0.15) is 84.5 Å². The second-order valence-corrected chi connectivity index (χ2v) is 10.3. The molecule has 0 bridgehead atoms. The van der Waals surface area contributed by atoms with Gasteiger partial charge in [0.15, 0.2) is 0 Å². The van der Waals surface area contributed by atoms with E-state index in [2.05, 4.69) is 13.8 Å². The Hall–Kier alpha value is -1.39. The van der Waals surface area contributed by atoms with Crippen molar-refractivity contribution in [3.8, 4) is 0 Å². The monoisotopic (exact) mass is 389 g/mol. The van der Waals surface area contributed by atoms with Crippen molar-refractivity contribution in [1.82, 2.24) is 0 Å². The first-order valence-corrected chi connectivity index (χ1v) is 11.2. The molecule has 0 saturated heterocycles. The van der Waals surface area contributed by atoms with E-state index in [9.17, 15) is 19.5 Å². The number of ketones is 1. The van der Waals surface area contributed by atoms with Gasteiger partial charge in [0.1, 0.15) is 11.9 Å². The van der Waals surface area contributed by atoms with Gasteiger partial charge in [0.2, 0.25) is 0 Å². The molecule has 0 N–H and O–H groups in total. The molecule has 0 aromatic carbocycles. The summed E-state index contributed by atoms with van der Waals surface area (Å²) in [6.07, 6.45) is 8.80. The summed E-state index contributed by atoms with van der Waals surface area (Å²) < 4.78 is 5.60. The van der Waals surface area contributed by atoms with E-state index in [4.69, 9.17) is 4.74 Å². The zero-order valence-corrected chi connectivity index (χ0v) is 17.2. The average molecular weight is 390 g/mol. The highest BCUT2D eigenvalue weighted by Gasteiger charge is 2.60. The van der Waals surface area contributed by atoms with Gasteiger partial charge in [-0.2, -0.15) is 0 Å². The Labute approximate surface area is 167 Å². The fourth-order valence-corrected chi connectivity index (χ4v) is 7.55. The van der Waals surface area contributed by atoms with Crippen LogP contribution in [0.3, 0.4) is 0 Å². The summed E-state index contributed by atoms with van der Waals surface area (Å²) in [7, 11) is 0. The number of hydrogen-bond donors (Lipinski definition) is 0. The van der Waals surface area contributed by atoms with Crippen molar-refractivity contribution in [3.63, 3.8) is 0 Å². The van der Waals surface area contributed by atoms with Crippen LogP contribution < -0.4 is 5.11 Å². The Balaban J connectivity index is 1.41. The van der Waals surface area contributed by atoms with E-state index >= 15 is 0 Å². The number of rotatable bonds is 4. The highest BCUT2D eigenvalue weighted by Crippen LogP contribution is 2.65. The van der Waals surface area contributed by atoms with E-state index in [0.717, 1.165) is 51.4 Å². The Kier molecular flexibility index (Phi) is 5.08. The Morgan fingerprint density at radius 2 is 1.82 bits per heavy atom. The van der Waals surface area contributed by atoms with Crippen LogP contribution in [0.25, 0.3) is 0 Å². The van der Waals surface area contributed by atoms with Gasteiger partial charge in [0.05, 0.1) is 6.42 Å². The van der Waals surface area contributed by atoms with Crippen LogP contribution in [0.5, 0.6) is 0 Å². The van der Waals surface area contributed by atoms with Crippen LogP contribution in [-0.2, 0) is 19.1 Å². The van der Waals surface area contributed by atoms with E-state index in [1.807, 2.05) is 0 Å². The summed E-state index contributed by atoms with van der Waals surface area (Å²) in [5, 5.41) is 10.5. The fraction of sp³-hybridized carbons (Fsp3) is 0.870. The molecule has 4 saturated carbocycles. The molecular weight excluding hydrogens is 356 g/mol. The predicted octanol–water partition coefficient (Wildman–Crippen LogP) is 3.04. The molecule has 0 aromatic rings. The van der Waals surface area contributed by atoms with Crippen LogP contribution in [0.4, 0.5) is 0 Å². The van der Waals surface area contributed by atoms with Gasteiger partial charge in [-0.25, -0.2) is 0 Å². The van der Waals surface area contributed by atoms with Crippen LogP contribution in [0.2, 0.25) is 0 Å². The highest BCUT2D eigenvalue weighted by molar-refractivity contribution is 5.87. The summed E-state index contributed by atoms with van der Waals surface area (Å²) in [6.45, 7) is 4.67. The topological polar surface area (TPSA) is 83.5 Å². The molecule has 7 atom stereocenters. The second kappa shape index (κ2) is 7.14. The largest absolute Gasteiger partial charge is 0.550 e. The van der Waals surface area contributed by atoms with E-state index in [1.54, 1.807) is 0 Å². The molecule has 0 unspecified atom stereocenters. The SMILES string of the molecule is C[C@]12CC[C@@H](OC(=O)CCC(=O)[O-])C[C@@H]1CC[C@@H]1[C@H]3CCC(=O)[C@@]3(C)CC[C@@H]12. The van der Waals surface area contributed by atoms with Crippen molar-refractivity contribution in [2.45, 2.75) is 90.6 Å². The van der Waals surface area contributed by atoms with Crippen LogP contribution in [0.15, 0.2) is 0 Å². The second-order valence-electron chi connectivity index (χ2n) is 10.3. The van der Waals surface area contributed by atoms with Crippen molar-refractivity contribution < 1.29 is 24.2 Å². The van der Waals surface area contributed by atoms with E-state index in [-0.39, 0.29) is 29.8 Å². The molecule has 4 aliphatic carbocycles. The van der Waals surface area contributed by atoms with Gasteiger partial charge in [-0.15, -0.1) is 0 Å². The number of carboxylic acid groups (broad SMARTS) is 1. The van der Waals surface area contributed by atoms with E-state index in [1.165, 1.54) is 6.42 Å². The number of carbonyl (C=O) groups is 3. The summed E-state index contributed by atoms with van der Waals surface area (Å²) in [5.74, 6) is 1.36. The van der Waals surface area contributed by atoms with Crippen molar-refractivity contribution in [2.75, 3.05) is 0 Å². The number of hydrogen-bond acceptors (Lipinski definition) is 5. The molecule has 0 spiro atoms. The lowest BCUT2D eigenvalue weighted by Gasteiger charge is -2.60. The standard InChI is InChI=1S/C23H34O5/c1-22-11-9-15(28-21(27)8-7-20(25)26)13-14(22)3-4-16-17-5-6-19(24)23(17,2)12-10-18(16)22/h14-18H,3-13H2,1-2H3,(H,25,26)/p-1/t14-,15+,16+,17+,18-,22-,23-/m0/s1. The number of carboxylic acids is 1. The first-order valence-electron chi connectivity index (χ1n) is 11.2. The highest BCUT2D eigenvalue weighted by atomic mass is 16.5. The number of carbonyl (C=O) groups excluding carboxylic acids is 3. The van der Waals surface area contributed by atoms with Crippen molar-refractivity contribution >= 4 is 17.7 Å². The molecule has 0 radical (unpaired) electrons. The summed E-state index contributed by atoms with van der Waals surface area (Å²) in [5.41, 5.74) is 0.208. The minimum Gasteiger partial charge on any atom is -0.550 e. The van der Waals surface area contributed by atoms with Crippen LogP contribution >= 0.6 is 0 Å². The maximum absolute atomic E-state index is 12.5. The molecule has 4 fully saturated rings. The molecular formula is C23H33O5-. The zero-order valence-electron chi connectivity index (χ0n) is 17.2. The third kappa shape index (κ3) is 3.19. The van der Waals surface area contributed by atoms with Crippen molar-refractivity contribution in [1.29, 1.82) is 0 Å². The number of Topliss-reactive ketones (excluding diaryl/α,β-unsaturated/α-hetero) is 1. The molecule has 5 heteroatoms. The lowest BCUT2D eigenvalue weighted by molar-refractivity contribution is -0.305. The van der Waals surface area contributed by atoms with Gasteiger partial charge in [0, 0.05) is 17.8 Å². The molecule has 0 aliphatic heterocycles. The minimum atomic E-state index is -1.21. The number of esters is 1. The first-order chi connectivity index (χ1) is 13.2. The normalized spacial score (nSPS) is 44.9. The molecule has 28 heavy (non-hydrogen) atoms. The predicted molar refractivity (Wildman–Crippen MR) is 101 cm³/mol. The van der Waals surface area contributed by atoms with Gasteiger partial charge >= 0.3 is 5.97 Å². The van der Waals surface area contributed by atoms with E-state index < -0.39 is 11.9 Å². The zero-order chi connectivity index (χ0) is 20.1. The summed E-state index contributed by atoms with van der Waals surface area (Å²) in [4.78, 5) is 35.0. The summed E-state index contributed by atoms with van der Waals surface area (Å²) >= 11 is 0. The van der Waals surface area contributed by atoms with Gasteiger partial charge in [0.25, 0.3) is 0 Å². The Morgan fingerprint density at radius 3 is 2.57 bits per heavy atom. The van der Waals surface area contributed by atoms with Crippen LogP contribution in [0, 0.1) is 34.5 Å². The van der Waals surface area contributed by atoms with Gasteiger partial charge in [-0.1, -0.05) is 13.8 Å². The van der Waals surface area contributed by atoms with Crippen molar-refractivity contribution in [2.24, 2.45) is 34.5 Å². The number of aliphatic carboxylic acids is 1. The lowest BCUT2D eigenvalue weighted by Crippen LogP contribution is -2.54. The molecule has 0 heterocycles. The molecule has 0 aromatic heterocycles. The summed E-state index contributed by atoms with van der Waals surface area (Å²) in [6, 6.07) is 0. The first kappa shape index (κ1) is 19.9.